The largest absolute Gasteiger partial charge is 0.381 e. The van der Waals surface area contributed by atoms with Crippen molar-refractivity contribution in [2.75, 3.05) is 25.0 Å². The molecule has 1 unspecified atom stereocenters. The van der Waals surface area contributed by atoms with Crippen LogP contribution in [0.15, 0.2) is 23.1 Å². The minimum absolute atomic E-state index is 0.0403. The van der Waals surface area contributed by atoms with E-state index in [-0.39, 0.29) is 5.56 Å². The van der Waals surface area contributed by atoms with Gasteiger partial charge in [0.25, 0.3) is 0 Å². The highest BCUT2D eigenvalue weighted by molar-refractivity contribution is 5.41. The van der Waals surface area contributed by atoms with Crippen LogP contribution in [0.4, 0.5) is 5.69 Å². The average Bonchev–Trinajstić information content (AvgIpc) is 2.59. The Morgan fingerprint density at radius 3 is 2.89 bits per heavy atom. The third-order valence-electron chi connectivity index (χ3n) is 3.72. The van der Waals surface area contributed by atoms with E-state index in [2.05, 4.69) is 17.1 Å². The van der Waals surface area contributed by atoms with Gasteiger partial charge in [0.2, 0.25) is 5.56 Å². The van der Waals surface area contributed by atoms with E-state index in [4.69, 9.17) is 0 Å². The first-order valence-corrected chi connectivity index (χ1v) is 6.84. The zero-order valence-corrected chi connectivity index (χ0v) is 11.4. The Kier molecular flexibility index (Phi) is 4.42. The topological polar surface area (TPSA) is 37.3 Å². The lowest BCUT2D eigenvalue weighted by molar-refractivity contribution is 0.300. The van der Waals surface area contributed by atoms with Crippen LogP contribution in [0.1, 0.15) is 26.2 Å². The summed E-state index contributed by atoms with van der Waals surface area (Å²) in [7, 11) is 1.79. The van der Waals surface area contributed by atoms with E-state index in [0.29, 0.717) is 6.04 Å². The maximum atomic E-state index is 11.3. The molecule has 0 aromatic carbocycles. The normalized spacial score (nSPS) is 21.6. The predicted molar refractivity (Wildman–Crippen MR) is 75.1 cm³/mol. The van der Waals surface area contributed by atoms with E-state index in [1.54, 1.807) is 17.7 Å². The SMILES string of the molecule is CCN1CCCC(Nc2ccc(=O)n(C)c2)CC1. The fourth-order valence-electron chi connectivity index (χ4n) is 2.53. The smallest absolute Gasteiger partial charge is 0.250 e. The van der Waals surface area contributed by atoms with Crippen molar-refractivity contribution < 1.29 is 0 Å². The molecule has 0 aliphatic carbocycles. The van der Waals surface area contributed by atoms with Crippen LogP contribution in [-0.4, -0.2) is 35.1 Å². The van der Waals surface area contributed by atoms with Gasteiger partial charge in [0.05, 0.1) is 5.69 Å². The third-order valence-corrected chi connectivity index (χ3v) is 3.72. The van der Waals surface area contributed by atoms with E-state index in [1.165, 1.54) is 32.4 Å². The highest BCUT2D eigenvalue weighted by Gasteiger charge is 2.15. The van der Waals surface area contributed by atoms with Gasteiger partial charge >= 0.3 is 0 Å². The fraction of sp³-hybridized carbons (Fsp3) is 0.643. The molecule has 0 spiro atoms. The molecule has 1 aliphatic heterocycles. The van der Waals surface area contributed by atoms with E-state index in [9.17, 15) is 4.79 Å². The number of anilines is 1. The molecule has 18 heavy (non-hydrogen) atoms. The molecule has 1 atom stereocenters. The van der Waals surface area contributed by atoms with E-state index in [1.807, 2.05) is 12.3 Å². The number of hydrogen-bond donors (Lipinski definition) is 1. The standard InChI is InChI=1S/C14H23N3O/c1-3-17-9-4-5-12(8-10-17)15-13-6-7-14(18)16(2)11-13/h6-7,11-12,15H,3-5,8-10H2,1-2H3. The Labute approximate surface area is 109 Å². The van der Waals surface area contributed by atoms with Crippen LogP contribution in [0.2, 0.25) is 0 Å². The molecule has 0 amide bonds. The molecule has 1 saturated heterocycles. The maximum Gasteiger partial charge on any atom is 0.250 e. The van der Waals surface area contributed by atoms with Crippen LogP contribution in [-0.2, 0) is 7.05 Å². The molecule has 0 radical (unpaired) electrons. The van der Waals surface area contributed by atoms with Gasteiger partial charge in [0.1, 0.15) is 0 Å². The molecular weight excluding hydrogens is 226 g/mol. The van der Waals surface area contributed by atoms with Crippen molar-refractivity contribution in [2.24, 2.45) is 7.05 Å². The number of likely N-dealkylation sites (tertiary alicyclic amines) is 1. The van der Waals surface area contributed by atoms with Crippen molar-refractivity contribution in [3.63, 3.8) is 0 Å². The van der Waals surface area contributed by atoms with Crippen LogP contribution in [0.3, 0.4) is 0 Å². The van der Waals surface area contributed by atoms with Crippen molar-refractivity contribution in [2.45, 2.75) is 32.2 Å². The molecule has 1 aliphatic rings. The molecule has 4 nitrogen and oxygen atoms in total. The maximum absolute atomic E-state index is 11.3. The summed E-state index contributed by atoms with van der Waals surface area (Å²) < 4.78 is 1.62. The second-order valence-electron chi connectivity index (χ2n) is 5.07. The van der Waals surface area contributed by atoms with E-state index in [0.717, 1.165) is 12.2 Å². The lowest BCUT2D eigenvalue weighted by atomic mass is 10.1. The number of hydrogen-bond acceptors (Lipinski definition) is 3. The molecule has 1 N–H and O–H groups in total. The third kappa shape index (κ3) is 3.35. The highest BCUT2D eigenvalue weighted by Crippen LogP contribution is 2.15. The number of nitrogens with zero attached hydrogens (tertiary/aromatic N) is 2. The first-order chi connectivity index (χ1) is 8.69. The van der Waals surface area contributed by atoms with Crippen molar-refractivity contribution in [3.05, 3.63) is 28.7 Å². The number of aromatic nitrogens is 1. The van der Waals surface area contributed by atoms with Gasteiger partial charge in [0, 0.05) is 31.9 Å². The van der Waals surface area contributed by atoms with Gasteiger partial charge in [-0.3, -0.25) is 4.79 Å². The lowest BCUT2D eigenvalue weighted by Crippen LogP contribution is -2.26. The molecule has 1 fully saturated rings. The minimum Gasteiger partial charge on any atom is -0.381 e. The van der Waals surface area contributed by atoms with Gasteiger partial charge in [-0.05, 0) is 38.4 Å². The van der Waals surface area contributed by atoms with Crippen LogP contribution >= 0.6 is 0 Å². The summed E-state index contributed by atoms with van der Waals surface area (Å²) in [6.45, 7) is 5.75. The second-order valence-corrected chi connectivity index (χ2v) is 5.07. The van der Waals surface area contributed by atoms with Gasteiger partial charge in [-0.2, -0.15) is 0 Å². The van der Waals surface area contributed by atoms with Crippen molar-refractivity contribution in [1.29, 1.82) is 0 Å². The van der Waals surface area contributed by atoms with Gasteiger partial charge in [-0.1, -0.05) is 6.92 Å². The molecule has 0 bridgehead atoms. The monoisotopic (exact) mass is 249 g/mol. The summed E-state index contributed by atoms with van der Waals surface area (Å²) in [5.74, 6) is 0. The molecule has 2 heterocycles. The predicted octanol–water partition coefficient (Wildman–Crippen LogP) is 1.67. The first-order valence-electron chi connectivity index (χ1n) is 6.84. The van der Waals surface area contributed by atoms with Crippen LogP contribution in [0, 0.1) is 0 Å². The zero-order valence-electron chi connectivity index (χ0n) is 11.4. The van der Waals surface area contributed by atoms with Crippen LogP contribution in [0.25, 0.3) is 0 Å². The lowest BCUT2D eigenvalue weighted by Gasteiger charge is -2.19. The average molecular weight is 249 g/mol. The second kappa shape index (κ2) is 6.05. The Bertz CT molecular complexity index is 441. The Morgan fingerprint density at radius 2 is 2.17 bits per heavy atom. The Balaban J connectivity index is 1.96. The van der Waals surface area contributed by atoms with Gasteiger partial charge < -0.3 is 14.8 Å². The molecule has 0 saturated carbocycles. The summed E-state index contributed by atoms with van der Waals surface area (Å²) in [6, 6.07) is 4.03. The summed E-state index contributed by atoms with van der Waals surface area (Å²) in [5.41, 5.74) is 1.09. The minimum atomic E-state index is 0.0403. The Morgan fingerprint density at radius 1 is 1.33 bits per heavy atom. The number of rotatable bonds is 3. The summed E-state index contributed by atoms with van der Waals surface area (Å²) in [4.78, 5) is 13.8. The molecule has 2 rings (SSSR count). The van der Waals surface area contributed by atoms with E-state index >= 15 is 0 Å². The molecule has 1 aromatic heterocycles. The van der Waals surface area contributed by atoms with Crippen molar-refractivity contribution in [1.82, 2.24) is 9.47 Å². The number of nitrogens with one attached hydrogen (secondary N) is 1. The molecular formula is C14H23N3O. The van der Waals surface area contributed by atoms with Gasteiger partial charge in [0.15, 0.2) is 0 Å². The van der Waals surface area contributed by atoms with E-state index < -0.39 is 0 Å². The zero-order chi connectivity index (χ0) is 13.0. The Hall–Kier alpha value is -1.29. The fourth-order valence-corrected chi connectivity index (χ4v) is 2.53. The summed E-state index contributed by atoms with van der Waals surface area (Å²) in [6.07, 6.45) is 5.51. The molecule has 4 heteroatoms. The van der Waals surface area contributed by atoms with Crippen molar-refractivity contribution in [3.8, 4) is 0 Å². The first kappa shape index (κ1) is 13.1. The summed E-state index contributed by atoms with van der Waals surface area (Å²) >= 11 is 0. The van der Waals surface area contributed by atoms with Crippen LogP contribution in [0.5, 0.6) is 0 Å². The molecule has 100 valence electrons. The van der Waals surface area contributed by atoms with Crippen molar-refractivity contribution >= 4 is 5.69 Å². The van der Waals surface area contributed by atoms with Gasteiger partial charge in [-0.25, -0.2) is 0 Å². The number of aryl methyl sites for hydroxylation is 1. The molecule has 1 aromatic rings. The van der Waals surface area contributed by atoms with Crippen LogP contribution < -0.4 is 10.9 Å². The van der Waals surface area contributed by atoms with Gasteiger partial charge in [-0.15, -0.1) is 0 Å². The summed E-state index contributed by atoms with van der Waals surface area (Å²) in [5, 5.41) is 3.55. The highest BCUT2D eigenvalue weighted by atomic mass is 16.1. The number of pyridine rings is 1. The quantitative estimate of drug-likeness (QED) is 0.885.